The summed E-state index contributed by atoms with van der Waals surface area (Å²) in [5.41, 5.74) is 1.93. The minimum absolute atomic E-state index is 0.0746. The number of hydrogen-bond donors (Lipinski definition) is 1. The van der Waals surface area contributed by atoms with Gasteiger partial charge in [-0.15, -0.1) is 0 Å². The van der Waals surface area contributed by atoms with Crippen molar-refractivity contribution in [1.29, 1.82) is 0 Å². The molecule has 3 heteroatoms. The van der Waals surface area contributed by atoms with Crippen molar-refractivity contribution in [2.45, 2.75) is 0 Å². The SMILES string of the molecule is COc1cc2cccc-2c(OC)cc1O. The Morgan fingerprint density at radius 1 is 1.00 bits per heavy atom. The number of ether oxygens (including phenoxy) is 2. The second kappa shape index (κ2) is 3.69. The lowest BCUT2D eigenvalue weighted by atomic mass is 10.2. The fraction of sp³-hybridized carbons (Fsp3) is 0.167. The molecule has 0 saturated carbocycles. The average molecular weight is 204 g/mol. The Hall–Kier alpha value is -1.90. The summed E-state index contributed by atoms with van der Waals surface area (Å²) in [4.78, 5) is 0. The van der Waals surface area contributed by atoms with Crippen LogP contribution >= 0.6 is 0 Å². The maximum Gasteiger partial charge on any atom is 0.161 e. The lowest BCUT2D eigenvalue weighted by Crippen LogP contribution is -1.81. The summed E-state index contributed by atoms with van der Waals surface area (Å²) in [6.07, 6.45) is 0. The van der Waals surface area contributed by atoms with Crippen molar-refractivity contribution < 1.29 is 14.6 Å². The van der Waals surface area contributed by atoms with Gasteiger partial charge in [0, 0.05) is 11.6 Å². The molecule has 2 aliphatic rings. The molecule has 3 nitrogen and oxygen atoms in total. The summed E-state index contributed by atoms with van der Waals surface area (Å²) >= 11 is 0. The van der Waals surface area contributed by atoms with Crippen molar-refractivity contribution in [2.75, 3.05) is 14.2 Å². The molecule has 0 heterocycles. The van der Waals surface area contributed by atoms with E-state index in [0.717, 1.165) is 11.1 Å². The average Bonchev–Trinajstić information content (AvgIpc) is 2.65. The minimum atomic E-state index is 0.0746. The van der Waals surface area contributed by atoms with Crippen LogP contribution in [-0.4, -0.2) is 19.3 Å². The Kier molecular flexibility index (Phi) is 2.37. The van der Waals surface area contributed by atoms with Gasteiger partial charge in [-0.05, 0) is 11.6 Å². The van der Waals surface area contributed by atoms with E-state index in [0.29, 0.717) is 11.5 Å². The first-order chi connectivity index (χ1) is 7.26. The van der Waals surface area contributed by atoms with Crippen molar-refractivity contribution in [3.8, 4) is 28.4 Å². The highest BCUT2D eigenvalue weighted by molar-refractivity contribution is 5.75. The van der Waals surface area contributed by atoms with Gasteiger partial charge in [-0.25, -0.2) is 0 Å². The van der Waals surface area contributed by atoms with Crippen molar-refractivity contribution in [3.05, 3.63) is 30.3 Å². The van der Waals surface area contributed by atoms with Crippen molar-refractivity contribution in [2.24, 2.45) is 0 Å². The molecule has 0 fully saturated rings. The summed E-state index contributed by atoms with van der Waals surface area (Å²) in [5, 5.41) is 9.71. The molecule has 0 spiro atoms. The fourth-order valence-electron chi connectivity index (χ4n) is 1.60. The molecule has 0 atom stereocenters. The smallest absolute Gasteiger partial charge is 0.161 e. The predicted molar refractivity (Wildman–Crippen MR) is 57.8 cm³/mol. The highest BCUT2D eigenvalue weighted by Crippen LogP contribution is 2.39. The third-order valence-corrected chi connectivity index (χ3v) is 2.36. The zero-order valence-electron chi connectivity index (χ0n) is 8.65. The Balaban J connectivity index is 2.73. The molecule has 15 heavy (non-hydrogen) atoms. The Morgan fingerprint density at radius 2 is 1.73 bits per heavy atom. The summed E-state index contributed by atoms with van der Waals surface area (Å²) < 4.78 is 10.3. The van der Waals surface area contributed by atoms with Crippen LogP contribution in [0.15, 0.2) is 30.3 Å². The van der Waals surface area contributed by atoms with Crippen molar-refractivity contribution in [1.82, 2.24) is 0 Å². The molecule has 0 bridgehead atoms. The third kappa shape index (κ3) is 1.56. The molecule has 0 aromatic carbocycles. The van der Waals surface area contributed by atoms with Gasteiger partial charge in [-0.3, -0.25) is 0 Å². The van der Waals surface area contributed by atoms with Gasteiger partial charge in [0.2, 0.25) is 0 Å². The first-order valence-corrected chi connectivity index (χ1v) is 4.60. The first-order valence-electron chi connectivity index (χ1n) is 4.60. The van der Waals surface area contributed by atoms with E-state index < -0.39 is 0 Å². The Morgan fingerprint density at radius 3 is 2.40 bits per heavy atom. The number of rotatable bonds is 2. The van der Waals surface area contributed by atoms with Gasteiger partial charge in [0.05, 0.1) is 14.2 Å². The van der Waals surface area contributed by atoms with E-state index in [4.69, 9.17) is 9.47 Å². The van der Waals surface area contributed by atoms with Gasteiger partial charge < -0.3 is 14.6 Å². The Labute approximate surface area is 88.2 Å². The Bertz CT molecular complexity index is 451. The van der Waals surface area contributed by atoms with Crippen LogP contribution in [0.1, 0.15) is 0 Å². The van der Waals surface area contributed by atoms with Crippen molar-refractivity contribution in [3.63, 3.8) is 0 Å². The predicted octanol–water partition coefficient (Wildman–Crippen LogP) is 2.51. The molecular formula is C12H12O3. The molecule has 0 aromatic rings. The van der Waals surface area contributed by atoms with Gasteiger partial charge >= 0.3 is 0 Å². The second-order valence-corrected chi connectivity index (χ2v) is 3.21. The third-order valence-electron chi connectivity index (χ3n) is 2.36. The topological polar surface area (TPSA) is 38.7 Å². The zero-order valence-corrected chi connectivity index (χ0v) is 8.65. The van der Waals surface area contributed by atoms with Crippen LogP contribution in [-0.2, 0) is 0 Å². The van der Waals surface area contributed by atoms with Gasteiger partial charge in [-0.1, -0.05) is 18.2 Å². The second-order valence-electron chi connectivity index (χ2n) is 3.21. The lowest BCUT2D eigenvalue weighted by Gasteiger charge is -2.00. The van der Waals surface area contributed by atoms with Crippen LogP contribution in [0.3, 0.4) is 0 Å². The molecule has 0 amide bonds. The fourth-order valence-corrected chi connectivity index (χ4v) is 1.60. The minimum Gasteiger partial charge on any atom is -0.504 e. The zero-order chi connectivity index (χ0) is 10.8. The van der Waals surface area contributed by atoms with E-state index in [9.17, 15) is 5.11 Å². The maximum absolute atomic E-state index is 9.71. The number of hydrogen-bond acceptors (Lipinski definition) is 3. The quantitative estimate of drug-likeness (QED) is 0.816. The molecule has 78 valence electrons. The van der Waals surface area contributed by atoms with Gasteiger partial charge in [0.1, 0.15) is 5.75 Å². The number of methoxy groups -OCH3 is 2. The van der Waals surface area contributed by atoms with E-state index in [1.165, 1.54) is 7.11 Å². The first kappa shape index (κ1) is 9.65. The highest BCUT2D eigenvalue weighted by Gasteiger charge is 2.11. The molecule has 0 radical (unpaired) electrons. The number of fused-ring (bicyclic) bond motifs is 1. The molecule has 2 rings (SSSR count). The van der Waals surface area contributed by atoms with E-state index >= 15 is 0 Å². The summed E-state index contributed by atoms with van der Waals surface area (Å²) in [5.74, 6) is 1.15. The van der Waals surface area contributed by atoms with Crippen LogP contribution in [0.4, 0.5) is 0 Å². The summed E-state index contributed by atoms with van der Waals surface area (Å²) in [6.45, 7) is 0. The molecule has 0 aromatic heterocycles. The monoisotopic (exact) mass is 204 g/mol. The molecule has 2 aliphatic carbocycles. The normalized spacial score (nSPS) is 10.3. The van der Waals surface area contributed by atoms with Crippen LogP contribution in [0.5, 0.6) is 17.2 Å². The largest absolute Gasteiger partial charge is 0.504 e. The molecular weight excluding hydrogens is 192 g/mol. The van der Waals surface area contributed by atoms with Gasteiger partial charge in [-0.2, -0.15) is 0 Å². The lowest BCUT2D eigenvalue weighted by molar-refractivity contribution is 0.371. The number of aromatic hydroxyl groups is 1. The molecule has 0 unspecified atom stereocenters. The van der Waals surface area contributed by atoms with Crippen molar-refractivity contribution >= 4 is 0 Å². The van der Waals surface area contributed by atoms with Crippen LogP contribution in [0, 0.1) is 0 Å². The highest BCUT2D eigenvalue weighted by atomic mass is 16.5. The van der Waals surface area contributed by atoms with E-state index in [-0.39, 0.29) is 5.75 Å². The van der Waals surface area contributed by atoms with Crippen LogP contribution in [0.25, 0.3) is 11.1 Å². The van der Waals surface area contributed by atoms with Crippen LogP contribution in [0.2, 0.25) is 0 Å². The molecule has 0 aliphatic heterocycles. The van der Waals surface area contributed by atoms with E-state index in [1.807, 2.05) is 18.2 Å². The van der Waals surface area contributed by atoms with E-state index in [2.05, 4.69) is 0 Å². The summed E-state index contributed by atoms with van der Waals surface area (Å²) in [6, 6.07) is 9.16. The summed E-state index contributed by atoms with van der Waals surface area (Å²) in [7, 11) is 3.10. The standard InChI is InChI=1S/C12H12O3/c1-14-11-7-10(13)12(15-2)6-8-4-3-5-9(8)11/h3-7,13H,1-2H3. The molecule has 0 saturated heterocycles. The van der Waals surface area contributed by atoms with E-state index in [1.54, 1.807) is 19.2 Å². The van der Waals surface area contributed by atoms with Gasteiger partial charge in [0.25, 0.3) is 0 Å². The maximum atomic E-state index is 9.71. The van der Waals surface area contributed by atoms with Crippen LogP contribution < -0.4 is 9.47 Å². The van der Waals surface area contributed by atoms with Gasteiger partial charge in [0.15, 0.2) is 11.5 Å². The molecule has 1 N–H and O–H groups in total.